The lowest BCUT2D eigenvalue weighted by atomic mass is 10.1. The van der Waals surface area contributed by atoms with Crippen LogP contribution in [0.2, 0.25) is 0 Å². The smallest absolute Gasteiger partial charge is 0.271 e. The van der Waals surface area contributed by atoms with E-state index in [2.05, 4.69) is 39.7 Å². The molecule has 4 nitrogen and oxygen atoms in total. The number of amides is 1. The number of carbonyl (C=O) groups excluding carboxylic acids is 1. The van der Waals surface area contributed by atoms with Crippen molar-refractivity contribution in [2.24, 2.45) is 5.10 Å². The Morgan fingerprint density at radius 1 is 1.04 bits per heavy atom. The topological polar surface area (TPSA) is 44.7 Å². The molecule has 25 heavy (non-hydrogen) atoms. The van der Waals surface area contributed by atoms with Crippen LogP contribution in [-0.4, -0.2) is 29.6 Å². The Morgan fingerprint density at radius 3 is 2.44 bits per heavy atom. The van der Waals surface area contributed by atoms with Gasteiger partial charge in [-0.05, 0) is 42.7 Å². The molecule has 3 rings (SSSR count). The second-order valence-corrected chi connectivity index (χ2v) is 6.68. The fourth-order valence-electron chi connectivity index (χ4n) is 3.00. The van der Waals surface area contributed by atoms with Gasteiger partial charge in [-0.1, -0.05) is 36.4 Å². The zero-order valence-electron chi connectivity index (χ0n) is 15.0. The van der Waals surface area contributed by atoms with Crippen molar-refractivity contribution < 1.29 is 4.79 Å². The number of nitrogens with one attached hydrogen (secondary N) is 1. The summed E-state index contributed by atoms with van der Waals surface area (Å²) in [5.41, 5.74) is 8.09. The van der Waals surface area contributed by atoms with Gasteiger partial charge in [0.1, 0.15) is 0 Å². The van der Waals surface area contributed by atoms with Crippen LogP contribution in [0.1, 0.15) is 39.9 Å². The summed E-state index contributed by atoms with van der Waals surface area (Å²) in [5.74, 6) is -0.137. The predicted molar refractivity (Wildman–Crippen MR) is 102 cm³/mol. The van der Waals surface area contributed by atoms with Gasteiger partial charge in [0.15, 0.2) is 0 Å². The standard InChI is InChI=1S/C21H25N3O/c1-16-8-9-19(14-17(16)2)21(25)23-22-20-10-12-24(13-11-20)15-18-6-4-3-5-7-18/h3-9,14H,10-13,15H2,1-2H3,(H,23,25). The molecule has 0 spiro atoms. The lowest BCUT2D eigenvalue weighted by Crippen LogP contribution is -2.34. The molecule has 1 fully saturated rings. The summed E-state index contributed by atoms with van der Waals surface area (Å²) < 4.78 is 0. The minimum Gasteiger partial charge on any atom is -0.298 e. The number of carbonyl (C=O) groups is 1. The molecule has 4 heteroatoms. The molecule has 0 radical (unpaired) electrons. The van der Waals surface area contributed by atoms with Crippen molar-refractivity contribution in [3.05, 3.63) is 70.8 Å². The van der Waals surface area contributed by atoms with E-state index in [4.69, 9.17) is 0 Å². The maximum Gasteiger partial charge on any atom is 0.271 e. The summed E-state index contributed by atoms with van der Waals surface area (Å²) in [6.45, 7) is 6.99. The zero-order chi connectivity index (χ0) is 17.6. The number of benzene rings is 2. The van der Waals surface area contributed by atoms with Crippen LogP contribution in [0.5, 0.6) is 0 Å². The van der Waals surface area contributed by atoms with Crippen molar-refractivity contribution in [2.45, 2.75) is 33.2 Å². The molecule has 0 unspecified atom stereocenters. The fraction of sp³-hybridized carbons (Fsp3) is 0.333. The van der Waals surface area contributed by atoms with E-state index in [1.165, 1.54) is 11.1 Å². The quantitative estimate of drug-likeness (QED) is 0.866. The van der Waals surface area contributed by atoms with Gasteiger partial charge < -0.3 is 0 Å². The fourth-order valence-corrected chi connectivity index (χ4v) is 3.00. The normalized spacial score (nSPS) is 15.0. The second-order valence-electron chi connectivity index (χ2n) is 6.68. The van der Waals surface area contributed by atoms with Crippen LogP contribution in [0.25, 0.3) is 0 Å². The first-order valence-electron chi connectivity index (χ1n) is 8.81. The highest BCUT2D eigenvalue weighted by Gasteiger charge is 2.15. The minimum absolute atomic E-state index is 0.137. The van der Waals surface area contributed by atoms with Gasteiger partial charge in [-0.3, -0.25) is 9.69 Å². The average Bonchev–Trinajstić information content (AvgIpc) is 2.64. The van der Waals surface area contributed by atoms with Gasteiger partial charge in [0, 0.05) is 43.8 Å². The highest BCUT2D eigenvalue weighted by Crippen LogP contribution is 2.12. The molecule has 0 aliphatic carbocycles. The van der Waals surface area contributed by atoms with E-state index < -0.39 is 0 Å². The molecule has 0 atom stereocenters. The molecular formula is C21H25N3O. The first-order valence-corrected chi connectivity index (χ1v) is 8.81. The Kier molecular flexibility index (Phi) is 5.61. The first-order chi connectivity index (χ1) is 12.1. The van der Waals surface area contributed by atoms with E-state index in [9.17, 15) is 4.79 Å². The molecule has 2 aromatic rings. The largest absolute Gasteiger partial charge is 0.298 e. The molecule has 1 N–H and O–H groups in total. The van der Waals surface area contributed by atoms with Gasteiger partial charge >= 0.3 is 0 Å². The van der Waals surface area contributed by atoms with E-state index in [1.54, 1.807) is 0 Å². The average molecular weight is 335 g/mol. The summed E-state index contributed by atoms with van der Waals surface area (Å²) in [7, 11) is 0. The molecular weight excluding hydrogens is 310 g/mol. The molecule has 1 aliphatic rings. The zero-order valence-corrected chi connectivity index (χ0v) is 15.0. The maximum absolute atomic E-state index is 12.2. The molecule has 0 aromatic heterocycles. The summed E-state index contributed by atoms with van der Waals surface area (Å²) in [6.07, 6.45) is 1.81. The van der Waals surface area contributed by atoms with Gasteiger partial charge in [0.25, 0.3) is 5.91 Å². The Labute approximate surface area is 149 Å². The van der Waals surface area contributed by atoms with Crippen LogP contribution in [0.15, 0.2) is 53.6 Å². The molecule has 0 bridgehead atoms. The highest BCUT2D eigenvalue weighted by molar-refractivity contribution is 5.95. The van der Waals surface area contributed by atoms with Crippen LogP contribution >= 0.6 is 0 Å². The Hall–Kier alpha value is -2.46. The van der Waals surface area contributed by atoms with Crippen LogP contribution in [0.4, 0.5) is 0 Å². The third-order valence-electron chi connectivity index (χ3n) is 4.77. The molecule has 130 valence electrons. The van der Waals surface area contributed by atoms with Gasteiger partial charge in [-0.25, -0.2) is 5.43 Å². The molecule has 1 saturated heterocycles. The molecule has 1 heterocycles. The van der Waals surface area contributed by atoms with E-state index >= 15 is 0 Å². The van der Waals surface area contributed by atoms with Gasteiger partial charge in [0.05, 0.1) is 0 Å². The SMILES string of the molecule is Cc1ccc(C(=O)NN=C2CCN(Cc3ccccc3)CC2)cc1C. The number of rotatable bonds is 4. The van der Waals surface area contributed by atoms with Gasteiger partial charge in [-0.2, -0.15) is 5.10 Å². The number of piperidine rings is 1. The summed E-state index contributed by atoms with van der Waals surface area (Å²) >= 11 is 0. The Bertz CT molecular complexity index is 758. The number of nitrogens with zero attached hydrogens (tertiary/aromatic N) is 2. The first kappa shape index (κ1) is 17.4. The second kappa shape index (κ2) is 8.08. The van der Waals surface area contributed by atoms with Crippen LogP contribution in [0, 0.1) is 13.8 Å². The van der Waals surface area contributed by atoms with Crippen molar-refractivity contribution in [1.29, 1.82) is 0 Å². The summed E-state index contributed by atoms with van der Waals surface area (Å²) in [6, 6.07) is 16.2. The van der Waals surface area contributed by atoms with E-state index in [-0.39, 0.29) is 5.91 Å². The summed E-state index contributed by atoms with van der Waals surface area (Å²) in [5, 5.41) is 4.34. The Balaban J connectivity index is 1.50. The van der Waals surface area contributed by atoms with Crippen molar-refractivity contribution in [1.82, 2.24) is 10.3 Å². The lowest BCUT2D eigenvalue weighted by Gasteiger charge is -2.27. The number of likely N-dealkylation sites (tertiary alicyclic amines) is 1. The van der Waals surface area contributed by atoms with Crippen molar-refractivity contribution in [2.75, 3.05) is 13.1 Å². The number of hydrazone groups is 1. The Morgan fingerprint density at radius 2 is 1.76 bits per heavy atom. The molecule has 0 saturated carbocycles. The number of aryl methyl sites for hydroxylation is 2. The predicted octanol–water partition coefficient (Wildman–Crippen LogP) is 3.69. The van der Waals surface area contributed by atoms with Crippen molar-refractivity contribution >= 4 is 11.6 Å². The van der Waals surface area contributed by atoms with Gasteiger partial charge in [0.2, 0.25) is 0 Å². The molecule has 2 aromatic carbocycles. The van der Waals surface area contributed by atoms with Crippen LogP contribution in [0.3, 0.4) is 0 Å². The van der Waals surface area contributed by atoms with Crippen molar-refractivity contribution in [3.8, 4) is 0 Å². The maximum atomic E-state index is 12.2. The highest BCUT2D eigenvalue weighted by atomic mass is 16.2. The lowest BCUT2D eigenvalue weighted by molar-refractivity contribution is 0.0954. The third-order valence-corrected chi connectivity index (χ3v) is 4.77. The number of hydrogen-bond donors (Lipinski definition) is 1. The van der Waals surface area contributed by atoms with E-state index in [1.807, 2.05) is 38.1 Å². The van der Waals surface area contributed by atoms with Crippen LogP contribution in [-0.2, 0) is 6.54 Å². The molecule has 1 aliphatic heterocycles. The summed E-state index contributed by atoms with van der Waals surface area (Å²) in [4.78, 5) is 14.7. The van der Waals surface area contributed by atoms with E-state index in [0.717, 1.165) is 43.8 Å². The monoisotopic (exact) mass is 335 g/mol. The van der Waals surface area contributed by atoms with E-state index in [0.29, 0.717) is 5.56 Å². The van der Waals surface area contributed by atoms with Gasteiger partial charge in [-0.15, -0.1) is 0 Å². The third kappa shape index (κ3) is 4.77. The van der Waals surface area contributed by atoms with Crippen molar-refractivity contribution in [3.63, 3.8) is 0 Å². The van der Waals surface area contributed by atoms with Crippen LogP contribution < -0.4 is 5.43 Å². The molecule has 1 amide bonds. The minimum atomic E-state index is -0.137. The number of hydrogen-bond acceptors (Lipinski definition) is 3.